The van der Waals surface area contributed by atoms with Crippen LogP contribution < -0.4 is 4.74 Å². The van der Waals surface area contributed by atoms with Gasteiger partial charge in [-0.05, 0) is 54.2 Å². The van der Waals surface area contributed by atoms with Crippen LogP contribution in [0.5, 0.6) is 11.5 Å². The summed E-state index contributed by atoms with van der Waals surface area (Å²) >= 11 is 0. The van der Waals surface area contributed by atoms with E-state index >= 15 is 0 Å². The summed E-state index contributed by atoms with van der Waals surface area (Å²) in [4.78, 5) is 15.3. The zero-order chi connectivity index (χ0) is 23.0. The van der Waals surface area contributed by atoms with Crippen LogP contribution >= 0.6 is 0 Å². The second-order valence-corrected chi connectivity index (χ2v) is 9.82. The predicted molar refractivity (Wildman–Crippen MR) is 120 cm³/mol. The van der Waals surface area contributed by atoms with Crippen molar-refractivity contribution in [3.8, 4) is 23.0 Å². The van der Waals surface area contributed by atoms with Gasteiger partial charge in [-0.1, -0.05) is 46.7 Å². The summed E-state index contributed by atoms with van der Waals surface area (Å²) in [7, 11) is 0. The van der Waals surface area contributed by atoms with E-state index in [1.165, 1.54) is 0 Å². The van der Waals surface area contributed by atoms with Gasteiger partial charge in [-0.15, -0.1) is 0 Å². The molecule has 1 atom stereocenters. The van der Waals surface area contributed by atoms with Gasteiger partial charge in [0.15, 0.2) is 6.10 Å². The van der Waals surface area contributed by atoms with Crippen molar-refractivity contribution in [3.63, 3.8) is 0 Å². The zero-order valence-electron chi connectivity index (χ0n) is 19.2. The second kappa shape index (κ2) is 8.17. The zero-order valence-corrected chi connectivity index (χ0v) is 19.2. The van der Waals surface area contributed by atoms with Crippen molar-refractivity contribution in [2.24, 2.45) is 0 Å². The number of phenols is 1. The third kappa shape index (κ3) is 4.95. The lowest BCUT2D eigenvalue weighted by Gasteiger charge is -2.27. The van der Waals surface area contributed by atoms with Crippen LogP contribution in [0.4, 0.5) is 0 Å². The van der Waals surface area contributed by atoms with E-state index in [4.69, 9.17) is 9.26 Å². The number of carbonyl (C=O) groups excluding carboxylic acids is 1. The lowest BCUT2D eigenvalue weighted by Crippen LogP contribution is -2.17. The monoisotopic (exact) mass is 422 g/mol. The minimum atomic E-state index is -0.444. The van der Waals surface area contributed by atoms with Gasteiger partial charge in [0.2, 0.25) is 5.82 Å². The predicted octanol–water partition coefficient (Wildman–Crippen LogP) is 5.99. The molecule has 164 valence electrons. The Hall–Kier alpha value is -3.15. The van der Waals surface area contributed by atoms with Crippen LogP contribution in [0.3, 0.4) is 0 Å². The van der Waals surface area contributed by atoms with Crippen LogP contribution in [-0.2, 0) is 10.8 Å². The molecular weight excluding hydrogens is 392 g/mol. The number of hydrogen-bond donors (Lipinski definition) is 1. The normalized spacial score (nSPS) is 13.1. The van der Waals surface area contributed by atoms with E-state index in [0.29, 0.717) is 28.8 Å². The topological polar surface area (TPSA) is 85.5 Å². The fourth-order valence-corrected chi connectivity index (χ4v) is 3.30. The van der Waals surface area contributed by atoms with Crippen LogP contribution in [0.15, 0.2) is 40.9 Å². The molecule has 31 heavy (non-hydrogen) atoms. The van der Waals surface area contributed by atoms with E-state index in [9.17, 15) is 9.90 Å². The van der Waals surface area contributed by atoms with Gasteiger partial charge in [0, 0.05) is 22.3 Å². The lowest BCUT2D eigenvalue weighted by atomic mass is 9.78. The number of aromatic hydroxyl groups is 1. The van der Waals surface area contributed by atoms with Gasteiger partial charge < -0.3 is 14.4 Å². The molecule has 0 amide bonds. The second-order valence-electron chi connectivity index (χ2n) is 9.82. The smallest absolute Gasteiger partial charge is 0.258 e. The SMILES string of the molecule is CC(Oc1ccc(C=O)cc1)c1noc(-c2cc(C(C)(C)C)c(O)c(C(C)(C)C)c2)n1. The van der Waals surface area contributed by atoms with Gasteiger partial charge in [-0.3, -0.25) is 4.79 Å². The summed E-state index contributed by atoms with van der Waals surface area (Å²) in [6.45, 7) is 14.2. The lowest BCUT2D eigenvalue weighted by molar-refractivity contribution is 0.112. The molecule has 0 aliphatic rings. The molecule has 6 nitrogen and oxygen atoms in total. The van der Waals surface area contributed by atoms with Gasteiger partial charge in [0.25, 0.3) is 5.89 Å². The van der Waals surface area contributed by atoms with Gasteiger partial charge in [0.05, 0.1) is 0 Å². The molecule has 0 fully saturated rings. The standard InChI is InChI=1S/C25H30N2O4/c1-15(30-18-10-8-16(14-28)9-11-18)22-26-23(31-27-22)17-12-19(24(2,3)4)21(29)20(13-17)25(5,6)7/h8-15,29H,1-7H3. The van der Waals surface area contributed by atoms with Crippen molar-refractivity contribution in [2.45, 2.75) is 65.4 Å². The highest BCUT2D eigenvalue weighted by Gasteiger charge is 2.28. The highest BCUT2D eigenvalue weighted by atomic mass is 16.5. The van der Waals surface area contributed by atoms with Crippen molar-refractivity contribution < 1.29 is 19.2 Å². The number of phenolic OH excluding ortho intramolecular Hbond substituents is 1. The number of nitrogens with zero attached hydrogens (tertiary/aromatic N) is 2. The molecule has 0 saturated heterocycles. The molecule has 3 aromatic rings. The number of aromatic nitrogens is 2. The average molecular weight is 423 g/mol. The molecule has 0 aliphatic carbocycles. The quantitative estimate of drug-likeness (QED) is 0.508. The summed E-state index contributed by atoms with van der Waals surface area (Å²) in [5.41, 5.74) is 2.48. The fourth-order valence-electron chi connectivity index (χ4n) is 3.30. The number of benzene rings is 2. The van der Waals surface area contributed by atoms with Crippen molar-refractivity contribution in [1.29, 1.82) is 0 Å². The molecule has 1 heterocycles. The third-order valence-corrected chi connectivity index (χ3v) is 5.11. The minimum Gasteiger partial charge on any atom is -0.507 e. The van der Waals surface area contributed by atoms with Crippen LogP contribution in [0.25, 0.3) is 11.5 Å². The maximum Gasteiger partial charge on any atom is 0.258 e. The molecule has 1 unspecified atom stereocenters. The molecule has 2 aromatic carbocycles. The van der Waals surface area contributed by atoms with E-state index < -0.39 is 6.10 Å². The summed E-state index contributed by atoms with van der Waals surface area (Å²) in [5.74, 6) is 1.70. The van der Waals surface area contributed by atoms with Gasteiger partial charge >= 0.3 is 0 Å². The number of rotatable bonds is 5. The molecule has 3 rings (SSSR count). The Kier molecular flexibility index (Phi) is 5.94. The van der Waals surface area contributed by atoms with E-state index in [2.05, 4.69) is 51.7 Å². The first-order chi connectivity index (χ1) is 14.4. The molecule has 0 bridgehead atoms. The highest BCUT2D eigenvalue weighted by molar-refractivity contribution is 5.74. The largest absolute Gasteiger partial charge is 0.507 e. The van der Waals surface area contributed by atoms with Gasteiger partial charge in [-0.2, -0.15) is 4.98 Å². The van der Waals surface area contributed by atoms with Crippen LogP contribution in [-0.4, -0.2) is 21.5 Å². The Morgan fingerprint density at radius 3 is 2.03 bits per heavy atom. The maximum absolute atomic E-state index is 10.9. The van der Waals surface area contributed by atoms with E-state index in [1.54, 1.807) is 24.3 Å². The average Bonchev–Trinajstić information content (AvgIpc) is 3.17. The first kappa shape index (κ1) is 22.5. The Morgan fingerprint density at radius 2 is 1.55 bits per heavy atom. The van der Waals surface area contributed by atoms with Crippen LogP contribution in [0, 0.1) is 0 Å². The number of hydrogen-bond acceptors (Lipinski definition) is 6. The van der Waals surface area contributed by atoms with Gasteiger partial charge in [-0.25, -0.2) is 0 Å². The number of carbonyl (C=O) groups is 1. The van der Waals surface area contributed by atoms with E-state index in [0.717, 1.165) is 23.0 Å². The fraction of sp³-hybridized carbons (Fsp3) is 0.400. The Balaban J connectivity index is 1.94. The molecule has 1 aromatic heterocycles. The van der Waals surface area contributed by atoms with Gasteiger partial charge in [0.1, 0.15) is 17.8 Å². The van der Waals surface area contributed by atoms with Crippen molar-refractivity contribution >= 4 is 6.29 Å². The summed E-state index contributed by atoms with van der Waals surface area (Å²) in [6.07, 6.45) is 0.342. The molecular formula is C25H30N2O4. The summed E-state index contributed by atoms with van der Waals surface area (Å²) in [5, 5.41) is 15.0. The summed E-state index contributed by atoms with van der Waals surface area (Å²) in [6, 6.07) is 10.7. The molecule has 0 spiro atoms. The number of aldehydes is 1. The van der Waals surface area contributed by atoms with Crippen LogP contribution in [0.1, 0.15) is 81.9 Å². The molecule has 0 aliphatic heterocycles. The molecule has 6 heteroatoms. The summed E-state index contributed by atoms with van der Waals surface area (Å²) < 4.78 is 11.4. The molecule has 0 saturated carbocycles. The Morgan fingerprint density at radius 1 is 1.00 bits per heavy atom. The minimum absolute atomic E-state index is 0.257. The first-order valence-corrected chi connectivity index (χ1v) is 10.3. The van der Waals surface area contributed by atoms with E-state index in [1.807, 2.05) is 19.1 Å². The van der Waals surface area contributed by atoms with Crippen molar-refractivity contribution in [3.05, 3.63) is 58.9 Å². The Labute approximate surface area is 183 Å². The van der Waals surface area contributed by atoms with Crippen molar-refractivity contribution in [2.75, 3.05) is 0 Å². The van der Waals surface area contributed by atoms with E-state index in [-0.39, 0.29) is 10.8 Å². The maximum atomic E-state index is 10.9. The van der Waals surface area contributed by atoms with Crippen molar-refractivity contribution in [1.82, 2.24) is 10.1 Å². The molecule has 0 radical (unpaired) electrons. The highest BCUT2D eigenvalue weighted by Crippen LogP contribution is 2.41. The molecule has 1 N–H and O–H groups in total. The third-order valence-electron chi connectivity index (χ3n) is 5.11. The Bertz CT molecular complexity index is 1040. The van der Waals surface area contributed by atoms with Crippen LogP contribution in [0.2, 0.25) is 0 Å². The first-order valence-electron chi connectivity index (χ1n) is 10.3. The number of ether oxygens (including phenoxy) is 1.